The van der Waals surface area contributed by atoms with Gasteiger partial charge in [-0.15, -0.1) is 23.4 Å². The third-order valence-electron chi connectivity index (χ3n) is 8.08. The van der Waals surface area contributed by atoms with Crippen molar-refractivity contribution in [2.45, 2.75) is 72.9 Å². The number of ether oxygens (including phenoxy) is 1. The van der Waals surface area contributed by atoms with Gasteiger partial charge in [0.15, 0.2) is 17.8 Å². The zero-order valence-corrected chi connectivity index (χ0v) is 24.7. The van der Waals surface area contributed by atoms with Crippen molar-refractivity contribution in [3.05, 3.63) is 83.4 Å². The van der Waals surface area contributed by atoms with Gasteiger partial charge in [-0.2, -0.15) is 17.7 Å². The summed E-state index contributed by atoms with van der Waals surface area (Å²) in [6.07, 6.45) is -0.569. The van der Waals surface area contributed by atoms with Crippen molar-refractivity contribution in [3.63, 3.8) is 0 Å². The second kappa shape index (κ2) is 12.7. The number of hydrogen-bond acceptors (Lipinski definition) is 3. The molecular formula is C32H35ClF3N2O2S+. The number of hydrogen-bond donors (Lipinski definition) is 2. The van der Waals surface area contributed by atoms with Crippen molar-refractivity contribution in [2.75, 3.05) is 13.7 Å². The Labute approximate surface area is 248 Å². The molecule has 2 N–H and O–H groups in total. The molecule has 1 fully saturated rings. The third-order valence-corrected chi connectivity index (χ3v) is 10.1. The molecule has 0 saturated heterocycles. The average molecular weight is 604 g/mol. The Balaban J connectivity index is 1.52. The first-order chi connectivity index (χ1) is 19.7. The van der Waals surface area contributed by atoms with E-state index in [9.17, 15) is 18.3 Å². The molecule has 1 saturated carbocycles. The van der Waals surface area contributed by atoms with Crippen LogP contribution in [0.25, 0.3) is 11.1 Å². The summed E-state index contributed by atoms with van der Waals surface area (Å²) in [6, 6.07) is 19.4. The zero-order valence-electron chi connectivity index (χ0n) is 23.1. The quantitative estimate of drug-likeness (QED) is 0.118. The smallest absolute Gasteiger partial charge is 0.416 e. The van der Waals surface area contributed by atoms with E-state index in [0.29, 0.717) is 30.5 Å². The van der Waals surface area contributed by atoms with E-state index < -0.39 is 11.7 Å². The van der Waals surface area contributed by atoms with Crippen molar-refractivity contribution >= 4 is 29.3 Å². The van der Waals surface area contributed by atoms with Gasteiger partial charge in [0, 0.05) is 23.8 Å². The van der Waals surface area contributed by atoms with Crippen LogP contribution in [-0.4, -0.2) is 46.6 Å². The maximum absolute atomic E-state index is 13.1. The lowest BCUT2D eigenvalue weighted by atomic mass is 9.90. The molecule has 218 valence electrons. The van der Waals surface area contributed by atoms with Gasteiger partial charge in [-0.1, -0.05) is 36.4 Å². The van der Waals surface area contributed by atoms with Crippen LogP contribution in [0.3, 0.4) is 0 Å². The Morgan fingerprint density at radius 2 is 1.71 bits per heavy atom. The van der Waals surface area contributed by atoms with Crippen LogP contribution in [0.4, 0.5) is 13.2 Å². The van der Waals surface area contributed by atoms with Crippen LogP contribution in [0.2, 0.25) is 0 Å². The van der Waals surface area contributed by atoms with Crippen molar-refractivity contribution in [1.29, 1.82) is 0 Å². The minimum absolute atomic E-state index is 0.108. The van der Waals surface area contributed by atoms with E-state index >= 15 is 0 Å². The Morgan fingerprint density at radius 1 is 1.02 bits per heavy atom. The Hall–Kier alpha value is -2.68. The number of halogens is 4. The molecule has 41 heavy (non-hydrogen) atoms. The van der Waals surface area contributed by atoms with E-state index in [1.165, 1.54) is 12.1 Å². The van der Waals surface area contributed by atoms with E-state index in [0.717, 1.165) is 59.4 Å². The fraction of sp³-hybridized carbons (Fsp3) is 0.406. The summed E-state index contributed by atoms with van der Waals surface area (Å²) in [6.45, 7) is 2.77. The highest BCUT2D eigenvalue weighted by Gasteiger charge is 2.42. The molecule has 0 aromatic heterocycles. The molecule has 0 bridgehead atoms. The third kappa shape index (κ3) is 6.55. The Kier molecular flexibility index (Phi) is 9.21. The molecule has 1 aliphatic heterocycles. The molecule has 3 aromatic rings. The van der Waals surface area contributed by atoms with Gasteiger partial charge in [0.2, 0.25) is 0 Å². The molecule has 0 radical (unpaired) electrons. The van der Waals surface area contributed by atoms with Crippen molar-refractivity contribution in [2.24, 2.45) is 0 Å². The number of nitrogens with one attached hydrogen (secondary N) is 1. The van der Waals surface area contributed by atoms with Gasteiger partial charge in [-0.05, 0) is 73.8 Å². The molecule has 4 nitrogen and oxygen atoms in total. The molecular weight excluding hydrogens is 569 g/mol. The normalized spacial score (nSPS) is 23.2. The lowest BCUT2D eigenvalue weighted by Gasteiger charge is -2.28. The minimum atomic E-state index is -4.39. The van der Waals surface area contributed by atoms with Gasteiger partial charge in [0.05, 0.1) is 23.1 Å². The number of aliphatic hydroxyl groups excluding tert-OH is 1. The average Bonchev–Trinajstić information content (AvgIpc) is 3.32. The van der Waals surface area contributed by atoms with E-state index in [1.54, 1.807) is 11.8 Å². The van der Waals surface area contributed by atoms with Crippen molar-refractivity contribution in [3.8, 4) is 16.9 Å². The lowest BCUT2D eigenvalue weighted by Crippen LogP contribution is -2.41. The number of aliphatic hydroxyl groups is 1. The Morgan fingerprint density at radius 3 is 2.34 bits per heavy atom. The van der Waals surface area contributed by atoms with Crippen LogP contribution in [0, 0.1) is 0 Å². The maximum atomic E-state index is 13.1. The van der Waals surface area contributed by atoms with Crippen LogP contribution < -0.4 is 10.1 Å². The fourth-order valence-electron chi connectivity index (χ4n) is 5.81. The summed E-state index contributed by atoms with van der Waals surface area (Å²) in [5.41, 5.74) is 2.67. The Bertz CT molecular complexity index is 1390. The van der Waals surface area contributed by atoms with Crippen LogP contribution in [-0.2, 0) is 12.7 Å². The van der Waals surface area contributed by atoms with Crippen molar-refractivity contribution < 1.29 is 27.6 Å². The summed E-state index contributed by atoms with van der Waals surface area (Å²) in [7, 11) is 1.98. The predicted molar refractivity (Wildman–Crippen MR) is 159 cm³/mol. The topological polar surface area (TPSA) is 44.5 Å². The highest BCUT2D eigenvalue weighted by Crippen LogP contribution is 2.48. The van der Waals surface area contributed by atoms with Gasteiger partial charge >= 0.3 is 12.1 Å². The van der Waals surface area contributed by atoms with E-state index in [2.05, 4.69) is 9.89 Å². The van der Waals surface area contributed by atoms with Gasteiger partial charge in [0.1, 0.15) is 5.75 Å². The number of rotatable bonds is 8. The number of fused-ring (bicyclic) bond motifs is 1. The first-order valence-electron chi connectivity index (χ1n) is 14.0. The highest BCUT2D eigenvalue weighted by molar-refractivity contribution is 8.01. The second-order valence-electron chi connectivity index (χ2n) is 10.6. The fourth-order valence-corrected chi connectivity index (χ4v) is 7.60. The largest absolute Gasteiger partial charge is 0.493 e. The van der Waals surface area contributed by atoms with Crippen LogP contribution >= 0.6 is 23.4 Å². The molecule has 0 amide bonds. The minimum Gasteiger partial charge on any atom is -0.493 e. The molecule has 5 rings (SSSR count). The standard InChI is InChI=1S/C32H34ClF3N2O2S/c1-3-40-27-17-10-21(20-8-11-23(12-9-20)32(34,35)36)18-22(27)19-38(25-15-13-24(37-2)14-16-25)31(39)30-29(33)26-6-4-5-7-28(26)41-30/h4-12,17-18,24-25,29-30,37H,3,13-16,19H2,1-2H3/p+1. The summed E-state index contributed by atoms with van der Waals surface area (Å²) in [5, 5.41) is 14.6. The summed E-state index contributed by atoms with van der Waals surface area (Å²) in [5.74, 6) is 0.941. The van der Waals surface area contributed by atoms with Crippen LogP contribution in [0.5, 0.6) is 5.75 Å². The molecule has 1 heterocycles. The monoisotopic (exact) mass is 603 g/mol. The molecule has 3 aromatic carbocycles. The molecule has 0 spiro atoms. The zero-order chi connectivity index (χ0) is 29.1. The first-order valence-corrected chi connectivity index (χ1v) is 15.3. The van der Waals surface area contributed by atoms with Crippen LogP contribution in [0.15, 0.2) is 71.6 Å². The summed E-state index contributed by atoms with van der Waals surface area (Å²) in [4.78, 5) is 1.07. The predicted octanol–water partition coefficient (Wildman–Crippen LogP) is 8.23. The second-order valence-corrected chi connectivity index (χ2v) is 12.2. The molecule has 9 heteroatoms. The SMILES string of the molecule is CCOc1ccc(-c2ccc(C(F)(F)F)cc2)cc1C[N+](=C(O)C1Sc2ccccc2C1Cl)C1CCC(NC)CC1. The maximum Gasteiger partial charge on any atom is 0.416 e. The lowest BCUT2D eigenvalue weighted by molar-refractivity contribution is -0.592. The molecule has 2 unspecified atom stereocenters. The van der Waals surface area contributed by atoms with Gasteiger partial charge < -0.3 is 15.2 Å². The first kappa shape index (κ1) is 29.8. The summed E-state index contributed by atoms with van der Waals surface area (Å²) < 4.78 is 47.5. The number of thioether (sulfide) groups is 1. The highest BCUT2D eigenvalue weighted by atomic mass is 35.5. The number of alkyl halides is 4. The van der Waals surface area contributed by atoms with E-state index in [-0.39, 0.29) is 22.6 Å². The van der Waals surface area contributed by atoms with Crippen LogP contribution in [0.1, 0.15) is 54.7 Å². The van der Waals surface area contributed by atoms with Gasteiger partial charge in [0.25, 0.3) is 0 Å². The summed E-state index contributed by atoms with van der Waals surface area (Å²) >= 11 is 8.51. The van der Waals surface area contributed by atoms with E-state index in [1.807, 2.05) is 56.4 Å². The number of nitrogens with zero attached hydrogens (tertiary/aromatic N) is 1. The number of benzene rings is 3. The van der Waals surface area contributed by atoms with Crippen molar-refractivity contribution in [1.82, 2.24) is 5.32 Å². The van der Waals surface area contributed by atoms with Gasteiger partial charge in [-0.25, -0.2) is 0 Å². The molecule has 2 atom stereocenters. The molecule has 1 aliphatic carbocycles. The van der Waals surface area contributed by atoms with E-state index in [4.69, 9.17) is 16.3 Å². The molecule has 2 aliphatic rings. The van der Waals surface area contributed by atoms with Gasteiger partial charge in [-0.3, -0.25) is 0 Å².